The Balaban J connectivity index is 2.32. The van der Waals surface area contributed by atoms with Crippen molar-refractivity contribution in [2.24, 2.45) is 0 Å². The van der Waals surface area contributed by atoms with E-state index in [4.69, 9.17) is 11.6 Å². The van der Waals surface area contributed by atoms with Gasteiger partial charge in [0.05, 0.1) is 5.02 Å². The topological polar surface area (TPSA) is 15.3 Å². The molecule has 0 unspecified atom stereocenters. The van der Waals surface area contributed by atoms with E-state index in [2.05, 4.69) is 17.1 Å². The average molecular weight is 303 g/mol. The van der Waals surface area contributed by atoms with Gasteiger partial charge in [0, 0.05) is 37.8 Å². The van der Waals surface area contributed by atoms with E-state index >= 15 is 0 Å². The number of halogens is 3. The van der Waals surface area contributed by atoms with Crippen LogP contribution in [0.25, 0.3) is 0 Å². The fourth-order valence-electron chi connectivity index (χ4n) is 2.75. The number of rotatable bonds is 5. The minimum atomic E-state index is -0.605. The molecular weight excluding hydrogens is 282 g/mol. The number of nitrogens with zero attached hydrogens (tertiary/aromatic N) is 1. The lowest BCUT2D eigenvalue weighted by Crippen LogP contribution is -2.45. The summed E-state index contributed by atoms with van der Waals surface area (Å²) in [4.78, 5) is 2.16. The Hall–Kier alpha value is -0.710. The summed E-state index contributed by atoms with van der Waals surface area (Å²) in [5.74, 6) is -1.10. The van der Waals surface area contributed by atoms with E-state index in [1.54, 1.807) is 0 Å². The molecule has 1 saturated heterocycles. The highest BCUT2D eigenvalue weighted by atomic mass is 35.5. The fraction of sp³-hybridized carbons (Fsp3) is 0.600. The summed E-state index contributed by atoms with van der Waals surface area (Å²) in [5.41, 5.74) is 0.132. The maximum atomic E-state index is 14.3. The van der Waals surface area contributed by atoms with Crippen molar-refractivity contribution in [1.29, 1.82) is 0 Å². The highest BCUT2D eigenvalue weighted by Crippen LogP contribution is 2.33. The van der Waals surface area contributed by atoms with E-state index < -0.39 is 11.6 Å². The van der Waals surface area contributed by atoms with Gasteiger partial charge in [0.25, 0.3) is 0 Å². The van der Waals surface area contributed by atoms with Crippen molar-refractivity contribution in [3.63, 3.8) is 0 Å². The summed E-state index contributed by atoms with van der Waals surface area (Å²) in [6.45, 7) is 5.40. The largest absolute Gasteiger partial charge is 0.314 e. The molecule has 0 radical (unpaired) electrons. The Bertz CT molecular complexity index is 448. The molecule has 0 amide bonds. The molecule has 0 saturated carbocycles. The molecule has 112 valence electrons. The first-order valence-corrected chi connectivity index (χ1v) is 7.61. The quantitative estimate of drug-likeness (QED) is 0.833. The molecule has 0 aromatic heterocycles. The zero-order chi connectivity index (χ0) is 14.5. The van der Waals surface area contributed by atoms with Crippen LogP contribution in [0, 0.1) is 11.6 Å². The lowest BCUT2D eigenvalue weighted by atomic mass is 9.97. The highest BCUT2D eigenvalue weighted by molar-refractivity contribution is 6.30. The average Bonchev–Trinajstić information content (AvgIpc) is 2.47. The van der Waals surface area contributed by atoms with Crippen LogP contribution in [-0.2, 0) is 0 Å². The molecule has 2 nitrogen and oxygen atoms in total. The molecular formula is C15H21ClF2N2. The third kappa shape index (κ3) is 3.48. The molecule has 0 bridgehead atoms. The van der Waals surface area contributed by atoms with Crippen LogP contribution in [0.3, 0.4) is 0 Å². The summed E-state index contributed by atoms with van der Waals surface area (Å²) in [6, 6.07) is 2.32. The van der Waals surface area contributed by atoms with Crippen LogP contribution in [0.4, 0.5) is 8.78 Å². The van der Waals surface area contributed by atoms with Crippen molar-refractivity contribution in [3.8, 4) is 0 Å². The van der Waals surface area contributed by atoms with Gasteiger partial charge in [-0.25, -0.2) is 8.78 Å². The molecule has 1 aromatic carbocycles. The van der Waals surface area contributed by atoms with Gasteiger partial charge in [-0.15, -0.1) is 0 Å². The smallest absolute Gasteiger partial charge is 0.149 e. The number of piperazine rings is 1. The van der Waals surface area contributed by atoms with Gasteiger partial charge in [-0.1, -0.05) is 31.4 Å². The van der Waals surface area contributed by atoms with E-state index in [0.717, 1.165) is 45.4 Å². The van der Waals surface area contributed by atoms with E-state index in [1.807, 2.05) is 0 Å². The van der Waals surface area contributed by atoms with Crippen molar-refractivity contribution in [1.82, 2.24) is 10.2 Å². The zero-order valence-corrected chi connectivity index (χ0v) is 12.5. The van der Waals surface area contributed by atoms with Gasteiger partial charge < -0.3 is 5.32 Å². The molecule has 1 atom stereocenters. The molecule has 1 N–H and O–H groups in total. The van der Waals surface area contributed by atoms with E-state index in [0.29, 0.717) is 0 Å². The van der Waals surface area contributed by atoms with Crippen LogP contribution < -0.4 is 5.32 Å². The maximum Gasteiger partial charge on any atom is 0.149 e. The molecule has 0 aliphatic carbocycles. The Morgan fingerprint density at radius 3 is 2.65 bits per heavy atom. The summed E-state index contributed by atoms with van der Waals surface area (Å²) < 4.78 is 28.4. The van der Waals surface area contributed by atoms with Crippen LogP contribution in [0.2, 0.25) is 5.02 Å². The molecule has 5 heteroatoms. The van der Waals surface area contributed by atoms with Gasteiger partial charge in [-0.2, -0.15) is 0 Å². The second-order valence-electron chi connectivity index (χ2n) is 5.20. The van der Waals surface area contributed by atoms with Crippen molar-refractivity contribution < 1.29 is 8.78 Å². The molecule has 1 fully saturated rings. The summed E-state index contributed by atoms with van der Waals surface area (Å²) in [5, 5.41) is 3.26. The lowest BCUT2D eigenvalue weighted by Gasteiger charge is -2.35. The van der Waals surface area contributed by atoms with Crippen molar-refractivity contribution in [2.75, 3.05) is 26.2 Å². The van der Waals surface area contributed by atoms with Crippen molar-refractivity contribution in [2.45, 2.75) is 32.2 Å². The third-order valence-electron chi connectivity index (χ3n) is 3.84. The van der Waals surface area contributed by atoms with Crippen LogP contribution in [0.1, 0.15) is 37.8 Å². The van der Waals surface area contributed by atoms with Gasteiger partial charge in [0.15, 0.2) is 0 Å². The summed E-state index contributed by atoms with van der Waals surface area (Å²) in [6.07, 6.45) is 2.71. The Kier molecular flexibility index (Phi) is 5.75. The van der Waals surface area contributed by atoms with Crippen LogP contribution in [-0.4, -0.2) is 31.1 Å². The van der Waals surface area contributed by atoms with Crippen molar-refractivity contribution >= 4 is 11.6 Å². The lowest BCUT2D eigenvalue weighted by molar-refractivity contribution is 0.156. The van der Waals surface area contributed by atoms with Gasteiger partial charge in [0.1, 0.15) is 11.6 Å². The molecule has 0 spiro atoms. The highest BCUT2D eigenvalue weighted by Gasteiger charge is 2.28. The molecule has 1 heterocycles. The number of hydrogen-bond donors (Lipinski definition) is 1. The SMILES string of the molecule is CCCC[C@@H](c1c(F)ccc(Cl)c1F)N1CCNCC1. The van der Waals surface area contributed by atoms with Crippen molar-refractivity contribution in [3.05, 3.63) is 34.4 Å². The molecule has 1 aliphatic heterocycles. The van der Waals surface area contributed by atoms with E-state index in [-0.39, 0.29) is 16.6 Å². The number of benzene rings is 1. The van der Waals surface area contributed by atoms with Gasteiger partial charge in [0.2, 0.25) is 0 Å². The minimum absolute atomic E-state index is 0.00182. The van der Waals surface area contributed by atoms with Gasteiger partial charge >= 0.3 is 0 Å². The van der Waals surface area contributed by atoms with E-state index in [1.165, 1.54) is 12.1 Å². The first-order valence-electron chi connectivity index (χ1n) is 7.23. The zero-order valence-electron chi connectivity index (χ0n) is 11.8. The predicted octanol–water partition coefficient (Wildman–Crippen LogP) is 3.75. The van der Waals surface area contributed by atoms with Crippen LogP contribution in [0.15, 0.2) is 12.1 Å². The number of nitrogens with one attached hydrogen (secondary N) is 1. The van der Waals surface area contributed by atoms with E-state index in [9.17, 15) is 8.78 Å². The molecule has 1 aliphatic rings. The Morgan fingerprint density at radius 1 is 1.30 bits per heavy atom. The monoisotopic (exact) mass is 302 g/mol. The Labute approximate surface area is 124 Å². The summed E-state index contributed by atoms with van der Waals surface area (Å²) in [7, 11) is 0. The first-order chi connectivity index (χ1) is 9.65. The number of hydrogen-bond acceptors (Lipinski definition) is 2. The van der Waals surface area contributed by atoms with Crippen LogP contribution in [0.5, 0.6) is 0 Å². The Morgan fingerprint density at radius 2 is 2.00 bits per heavy atom. The van der Waals surface area contributed by atoms with Crippen LogP contribution >= 0.6 is 11.6 Å². The maximum absolute atomic E-state index is 14.3. The second kappa shape index (κ2) is 7.34. The third-order valence-corrected chi connectivity index (χ3v) is 4.13. The van der Waals surface area contributed by atoms with Gasteiger partial charge in [-0.3, -0.25) is 4.90 Å². The number of unbranched alkanes of at least 4 members (excludes halogenated alkanes) is 1. The standard InChI is InChI=1S/C15H21ClF2N2/c1-2-3-4-13(20-9-7-19-8-10-20)14-12(17)6-5-11(16)15(14)18/h5-6,13,19H,2-4,7-10H2,1H3/t13-/m0/s1. The fourth-order valence-corrected chi connectivity index (χ4v) is 2.91. The minimum Gasteiger partial charge on any atom is -0.314 e. The predicted molar refractivity (Wildman–Crippen MR) is 78.1 cm³/mol. The molecule has 2 rings (SSSR count). The molecule has 20 heavy (non-hydrogen) atoms. The normalized spacial score (nSPS) is 18.2. The second-order valence-corrected chi connectivity index (χ2v) is 5.61. The molecule has 1 aromatic rings. The van der Waals surface area contributed by atoms with Gasteiger partial charge in [-0.05, 0) is 18.6 Å². The summed E-state index contributed by atoms with van der Waals surface area (Å²) >= 11 is 5.83. The first kappa shape index (κ1) is 15.7.